The van der Waals surface area contributed by atoms with Crippen molar-refractivity contribution in [2.24, 2.45) is 13.0 Å². The highest BCUT2D eigenvalue weighted by atomic mass is 16.5. The van der Waals surface area contributed by atoms with Crippen molar-refractivity contribution in [1.82, 2.24) is 15.1 Å². The smallest absolute Gasteiger partial charge is 0.269 e. The lowest BCUT2D eigenvalue weighted by Gasteiger charge is -2.21. The number of aromatic nitrogens is 2. The van der Waals surface area contributed by atoms with E-state index in [2.05, 4.69) is 10.4 Å². The van der Waals surface area contributed by atoms with Gasteiger partial charge in [-0.15, -0.1) is 0 Å². The number of amides is 1. The van der Waals surface area contributed by atoms with E-state index in [1.807, 2.05) is 30.3 Å². The number of carbonyl (C=O) groups excluding carboxylic acids is 1. The minimum absolute atomic E-state index is 0.0512. The van der Waals surface area contributed by atoms with Gasteiger partial charge >= 0.3 is 0 Å². The lowest BCUT2D eigenvalue weighted by atomic mass is 9.89. The number of rotatable bonds is 5. The van der Waals surface area contributed by atoms with E-state index in [-0.39, 0.29) is 5.91 Å². The van der Waals surface area contributed by atoms with Gasteiger partial charge in [-0.25, -0.2) is 0 Å². The number of ether oxygens (including phenoxy) is 1. The van der Waals surface area contributed by atoms with E-state index in [9.17, 15) is 4.79 Å². The molecule has 24 heavy (non-hydrogen) atoms. The topological polar surface area (TPSA) is 56.1 Å². The summed E-state index contributed by atoms with van der Waals surface area (Å²) in [5, 5.41) is 7.54. The number of hydrogen-bond acceptors (Lipinski definition) is 3. The van der Waals surface area contributed by atoms with Crippen LogP contribution in [0.1, 0.15) is 42.6 Å². The fourth-order valence-electron chi connectivity index (χ4n) is 3.32. The fourth-order valence-corrected chi connectivity index (χ4v) is 3.32. The Morgan fingerprint density at radius 1 is 1.29 bits per heavy atom. The Labute approximate surface area is 143 Å². The standard InChI is InChI=1S/C19H25N3O2/c1-22-18(19(23)20-13-14-7-4-3-5-8-14)12-17(21-22)15-9-6-10-16(11-15)24-2/h6,9-12,14H,3-5,7-8,13H2,1-2H3,(H,20,23). The van der Waals surface area contributed by atoms with E-state index in [1.165, 1.54) is 32.1 Å². The number of benzene rings is 1. The minimum atomic E-state index is -0.0512. The molecule has 0 bridgehead atoms. The maximum Gasteiger partial charge on any atom is 0.269 e. The average molecular weight is 327 g/mol. The van der Waals surface area contributed by atoms with Gasteiger partial charge in [0.15, 0.2) is 0 Å². The number of methoxy groups -OCH3 is 1. The normalized spacial score (nSPS) is 15.2. The first-order valence-electron chi connectivity index (χ1n) is 8.64. The van der Waals surface area contributed by atoms with Gasteiger partial charge in [0.05, 0.1) is 12.8 Å². The summed E-state index contributed by atoms with van der Waals surface area (Å²) in [7, 11) is 3.45. The lowest BCUT2D eigenvalue weighted by Crippen LogP contribution is -2.31. The van der Waals surface area contributed by atoms with Crippen LogP contribution in [0.2, 0.25) is 0 Å². The highest BCUT2D eigenvalue weighted by Crippen LogP contribution is 2.24. The van der Waals surface area contributed by atoms with Crippen LogP contribution in [0.25, 0.3) is 11.3 Å². The maximum atomic E-state index is 12.5. The number of nitrogens with one attached hydrogen (secondary N) is 1. The zero-order valence-corrected chi connectivity index (χ0v) is 14.4. The molecule has 0 aliphatic heterocycles. The largest absolute Gasteiger partial charge is 0.497 e. The molecular weight excluding hydrogens is 302 g/mol. The molecule has 0 unspecified atom stereocenters. The Hall–Kier alpha value is -2.30. The van der Waals surface area contributed by atoms with Gasteiger partial charge in [-0.05, 0) is 37.0 Å². The van der Waals surface area contributed by atoms with E-state index in [4.69, 9.17) is 4.74 Å². The van der Waals surface area contributed by atoms with Gasteiger partial charge in [0.1, 0.15) is 11.4 Å². The van der Waals surface area contributed by atoms with Crippen LogP contribution in [0.15, 0.2) is 30.3 Å². The van der Waals surface area contributed by atoms with Gasteiger partial charge in [0, 0.05) is 19.2 Å². The van der Waals surface area contributed by atoms with E-state index >= 15 is 0 Å². The third-order valence-electron chi connectivity index (χ3n) is 4.75. The Morgan fingerprint density at radius 2 is 2.08 bits per heavy atom. The molecule has 0 radical (unpaired) electrons. The molecule has 1 aliphatic rings. The number of hydrogen-bond donors (Lipinski definition) is 1. The number of carbonyl (C=O) groups is 1. The van der Waals surface area contributed by atoms with Gasteiger partial charge in [0.2, 0.25) is 0 Å². The van der Waals surface area contributed by atoms with Gasteiger partial charge < -0.3 is 10.1 Å². The summed E-state index contributed by atoms with van der Waals surface area (Å²) in [6.45, 7) is 0.762. The number of aryl methyl sites for hydroxylation is 1. The summed E-state index contributed by atoms with van der Waals surface area (Å²) < 4.78 is 6.90. The summed E-state index contributed by atoms with van der Waals surface area (Å²) in [5.74, 6) is 1.35. The summed E-state index contributed by atoms with van der Waals surface area (Å²) in [4.78, 5) is 12.5. The summed E-state index contributed by atoms with van der Waals surface area (Å²) in [5.41, 5.74) is 2.30. The van der Waals surface area contributed by atoms with Gasteiger partial charge in [-0.1, -0.05) is 31.4 Å². The molecule has 0 saturated heterocycles. The van der Waals surface area contributed by atoms with Crippen LogP contribution < -0.4 is 10.1 Å². The van der Waals surface area contributed by atoms with Crippen LogP contribution >= 0.6 is 0 Å². The lowest BCUT2D eigenvalue weighted by molar-refractivity contribution is 0.0934. The van der Waals surface area contributed by atoms with Crippen molar-refractivity contribution in [3.8, 4) is 17.0 Å². The van der Waals surface area contributed by atoms with E-state index < -0.39 is 0 Å². The molecule has 0 atom stereocenters. The van der Waals surface area contributed by atoms with Crippen molar-refractivity contribution < 1.29 is 9.53 Å². The van der Waals surface area contributed by atoms with E-state index in [1.54, 1.807) is 18.8 Å². The molecule has 1 aromatic heterocycles. The second kappa shape index (κ2) is 7.51. The second-order valence-electron chi connectivity index (χ2n) is 6.48. The monoisotopic (exact) mass is 327 g/mol. The molecule has 1 fully saturated rings. The summed E-state index contributed by atoms with van der Waals surface area (Å²) >= 11 is 0. The van der Waals surface area contributed by atoms with Crippen molar-refractivity contribution in [2.45, 2.75) is 32.1 Å². The first kappa shape index (κ1) is 16.6. The highest BCUT2D eigenvalue weighted by molar-refractivity contribution is 5.93. The van der Waals surface area contributed by atoms with Crippen molar-refractivity contribution in [2.75, 3.05) is 13.7 Å². The predicted octanol–water partition coefficient (Wildman–Crippen LogP) is 3.41. The molecule has 2 aromatic rings. The molecule has 1 amide bonds. The van der Waals surface area contributed by atoms with Crippen LogP contribution in [-0.4, -0.2) is 29.3 Å². The van der Waals surface area contributed by atoms with Gasteiger partial charge in [-0.3, -0.25) is 9.48 Å². The first-order valence-corrected chi connectivity index (χ1v) is 8.64. The second-order valence-corrected chi connectivity index (χ2v) is 6.48. The molecule has 128 valence electrons. The molecule has 1 saturated carbocycles. The Bertz CT molecular complexity index is 702. The Kier molecular flexibility index (Phi) is 5.18. The predicted molar refractivity (Wildman–Crippen MR) is 94.1 cm³/mol. The summed E-state index contributed by atoms with van der Waals surface area (Å²) in [6.07, 6.45) is 6.34. The van der Waals surface area contributed by atoms with E-state index in [0.717, 1.165) is 23.6 Å². The van der Waals surface area contributed by atoms with Crippen LogP contribution in [0.5, 0.6) is 5.75 Å². The Balaban J connectivity index is 1.69. The third kappa shape index (κ3) is 3.78. The van der Waals surface area contributed by atoms with Crippen molar-refractivity contribution >= 4 is 5.91 Å². The molecule has 1 heterocycles. The van der Waals surface area contributed by atoms with Crippen LogP contribution in [0.4, 0.5) is 0 Å². The van der Waals surface area contributed by atoms with Crippen LogP contribution in [0, 0.1) is 5.92 Å². The van der Waals surface area contributed by atoms with Gasteiger partial charge in [-0.2, -0.15) is 5.10 Å². The van der Waals surface area contributed by atoms with Gasteiger partial charge in [0.25, 0.3) is 5.91 Å². The first-order chi connectivity index (χ1) is 11.7. The maximum absolute atomic E-state index is 12.5. The molecule has 1 aliphatic carbocycles. The minimum Gasteiger partial charge on any atom is -0.497 e. The van der Waals surface area contributed by atoms with Crippen LogP contribution in [-0.2, 0) is 7.05 Å². The fraction of sp³-hybridized carbons (Fsp3) is 0.474. The molecule has 3 rings (SSSR count). The Morgan fingerprint density at radius 3 is 2.83 bits per heavy atom. The zero-order chi connectivity index (χ0) is 16.9. The third-order valence-corrected chi connectivity index (χ3v) is 4.75. The molecular formula is C19H25N3O2. The number of nitrogens with zero attached hydrogens (tertiary/aromatic N) is 2. The highest BCUT2D eigenvalue weighted by Gasteiger charge is 2.18. The summed E-state index contributed by atoms with van der Waals surface area (Å²) in [6, 6.07) is 9.54. The van der Waals surface area contributed by atoms with E-state index in [0.29, 0.717) is 11.6 Å². The average Bonchev–Trinajstić information content (AvgIpc) is 3.02. The van der Waals surface area contributed by atoms with Crippen molar-refractivity contribution in [3.05, 3.63) is 36.0 Å². The molecule has 5 heteroatoms. The quantitative estimate of drug-likeness (QED) is 0.915. The van der Waals surface area contributed by atoms with Crippen molar-refractivity contribution in [1.29, 1.82) is 0 Å². The molecule has 5 nitrogen and oxygen atoms in total. The molecule has 1 N–H and O–H groups in total. The SMILES string of the molecule is COc1cccc(-c2cc(C(=O)NCC3CCCCC3)n(C)n2)c1. The van der Waals surface area contributed by atoms with Crippen molar-refractivity contribution in [3.63, 3.8) is 0 Å². The molecule has 1 aromatic carbocycles. The van der Waals surface area contributed by atoms with Crippen LogP contribution in [0.3, 0.4) is 0 Å². The zero-order valence-electron chi connectivity index (χ0n) is 14.4. The molecule has 0 spiro atoms.